The molecule has 0 N–H and O–H groups in total. The van der Waals surface area contributed by atoms with Crippen molar-refractivity contribution in [3.63, 3.8) is 0 Å². The predicted molar refractivity (Wildman–Crippen MR) is 76.0 cm³/mol. The highest BCUT2D eigenvalue weighted by molar-refractivity contribution is 6.36. The van der Waals surface area contributed by atoms with Crippen molar-refractivity contribution in [1.82, 2.24) is 4.98 Å². The van der Waals surface area contributed by atoms with Crippen LogP contribution in [0.15, 0.2) is 30.5 Å². The number of halogens is 3. The number of pyridine rings is 1. The molecule has 0 bridgehead atoms. The van der Waals surface area contributed by atoms with Gasteiger partial charge in [0.15, 0.2) is 5.69 Å². The number of methoxy groups -OCH3 is 1. The summed E-state index contributed by atoms with van der Waals surface area (Å²) < 4.78 is 4.69. The highest BCUT2D eigenvalue weighted by Crippen LogP contribution is 2.33. The molecule has 2 rings (SSSR count). The standard InChI is InChI=1S/C13H8Cl3NO2/c1-19-13(18)12-10(4-8(15)6-17-12)9-3-2-7(14)5-11(9)16/h2-6H,1H3. The Morgan fingerprint density at radius 2 is 1.84 bits per heavy atom. The molecule has 2 aromatic rings. The van der Waals surface area contributed by atoms with Gasteiger partial charge in [0.1, 0.15) is 0 Å². The maximum absolute atomic E-state index is 11.7. The molecule has 1 aromatic carbocycles. The van der Waals surface area contributed by atoms with Crippen LogP contribution >= 0.6 is 34.8 Å². The summed E-state index contributed by atoms with van der Waals surface area (Å²) in [5.41, 5.74) is 1.26. The minimum Gasteiger partial charge on any atom is -0.464 e. The fourth-order valence-corrected chi connectivity index (χ4v) is 2.28. The lowest BCUT2D eigenvalue weighted by atomic mass is 10.0. The molecule has 3 nitrogen and oxygen atoms in total. The lowest BCUT2D eigenvalue weighted by Gasteiger charge is -2.09. The predicted octanol–water partition coefficient (Wildman–Crippen LogP) is 4.50. The van der Waals surface area contributed by atoms with E-state index in [9.17, 15) is 4.79 Å². The van der Waals surface area contributed by atoms with Gasteiger partial charge in [0.05, 0.1) is 12.1 Å². The van der Waals surface area contributed by atoms with Crippen LogP contribution in [0.2, 0.25) is 15.1 Å². The lowest BCUT2D eigenvalue weighted by Crippen LogP contribution is -2.06. The van der Waals surface area contributed by atoms with Gasteiger partial charge in [-0.15, -0.1) is 0 Å². The molecule has 0 aliphatic heterocycles. The van der Waals surface area contributed by atoms with Crippen molar-refractivity contribution in [1.29, 1.82) is 0 Å². The first kappa shape index (κ1) is 14.1. The number of aromatic nitrogens is 1. The molecule has 0 fully saturated rings. The van der Waals surface area contributed by atoms with Crippen LogP contribution < -0.4 is 0 Å². The van der Waals surface area contributed by atoms with E-state index in [1.54, 1.807) is 24.3 Å². The van der Waals surface area contributed by atoms with E-state index in [0.717, 1.165) is 0 Å². The van der Waals surface area contributed by atoms with Gasteiger partial charge in [-0.05, 0) is 18.2 Å². The maximum Gasteiger partial charge on any atom is 0.357 e. The van der Waals surface area contributed by atoms with Gasteiger partial charge in [-0.1, -0.05) is 40.9 Å². The van der Waals surface area contributed by atoms with Crippen molar-refractivity contribution >= 4 is 40.8 Å². The molecular weight excluding hydrogens is 309 g/mol. The van der Waals surface area contributed by atoms with Crippen molar-refractivity contribution < 1.29 is 9.53 Å². The average Bonchev–Trinajstić information content (AvgIpc) is 2.38. The van der Waals surface area contributed by atoms with Crippen molar-refractivity contribution in [2.75, 3.05) is 7.11 Å². The Balaban J connectivity index is 2.66. The third kappa shape index (κ3) is 3.00. The average molecular weight is 317 g/mol. The lowest BCUT2D eigenvalue weighted by molar-refractivity contribution is 0.0595. The molecule has 0 aliphatic carbocycles. The molecule has 0 aliphatic rings. The molecule has 0 amide bonds. The molecule has 0 spiro atoms. The van der Waals surface area contributed by atoms with Crippen molar-refractivity contribution in [2.24, 2.45) is 0 Å². The molecule has 0 saturated carbocycles. The van der Waals surface area contributed by atoms with Crippen molar-refractivity contribution in [2.45, 2.75) is 0 Å². The summed E-state index contributed by atoms with van der Waals surface area (Å²) in [5.74, 6) is -0.558. The second-order valence-corrected chi connectivity index (χ2v) is 4.95. The number of esters is 1. The SMILES string of the molecule is COC(=O)c1ncc(Cl)cc1-c1ccc(Cl)cc1Cl. The Labute approximate surface area is 125 Å². The van der Waals surface area contributed by atoms with E-state index in [-0.39, 0.29) is 5.69 Å². The van der Waals surface area contributed by atoms with Crippen LogP contribution in [-0.4, -0.2) is 18.1 Å². The quantitative estimate of drug-likeness (QED) is 0.766. The molecule has 98 valence electrons. The highest BCUT2D eigenvalue weighted by atomic mass is 35.5. The summed E-state index contributed by atoms with van der Waals surface area (Å²) in [6, 6.07) is 6.56. The van der Waals surface area contributed by atoms with Crippen LogP contribution in [0.1, 0.15) is 10.5 Å². The van der Waals surface area contributed by atoms with Gasteiger partial charge in [0.2, 0.25) is 0 Å². The van der Waals surface area contributed by atoms with Crippen LogP contribution in [0.25, 0.3) is 11.1 Å². The van der Waals surface area contributed by atoms with Crippen molar-refractivity contribution in [3.05, 3.63) is 51.2 Å². The van der Waals surface area contributed by atoms with E-state index in [2.05, 4.69) is 9.72 Å². The number of carbonyl (C=O) groups is 1. The second kappa shape index (κ2) is 5.78. The van der Waals surface area contributed by atoms with Crippen LogP contribution in [0.5, 0.6) is 0 Å². The zero-order valence-corrected chi connectivity index (χ0v) is 12.1. The molecule has 0 saturated heterocycles. The Morgan fingerprint density at radius 3 is 2.47 bits per heavy atom. The van der Waals surface area contributed by atoms with E-state index >= 15 is 0 Å². The third-order valence-electron chi connectivity index (χ3n) is 2.45. The number of benzene rings is 1. The molecule has 0 radical (unpaired) electrons. The Hall–Kier alpha value is -1.29. The van der Waals surface area contributed by atoms with Gasteiger partial charge in [-0.2, -0.15) is 0 Å². The zero-order chi connectivity index (χ0) is 14.0. The molecular formula is C13H8Cl3NO2. The fraction of sp³-hybridized carbons (Fsp3) is 0.0769. The van der Waals surface area contributed by atoms with E-state index in [1.807, 2.05) is 0 Å². The number of hydrogen-bond acceptors (Lipinski definition) is 3. The topological polar surface area (TPSA) is 39.2 Å². The van der Waals surface area contributed by atoms with Crippen LogP contribution in [0, 0.1) is 0 Å². The fourth-order valence-electron chi connectivity index (χ4n) is 1.61. The molecule has 6 heteroatoms. The highest BCUT2D eigenvalue weighted by Gasteiger charge is 2.17. The Bertz CT molecular complexity index is 644. The van der Waals surface area contributed by atoms with Gasteiger partial charge < -0.3 is 4.74 Å². The number of hydrogen-bond donors (Lipinski definition) is 0. The minimum absolute atomic E-state index is 0.149. The normalized spacial score (nSPS) is 10.3. The van der Waals surface area contributed by atoms with Gasteiger partial charge >= 0.3 is 5.97 Å². The van der Waals surface area contributed by atoms with Gasteiger partial charge in [-0.3, -0.25) is 0 Å². The summed E-state index contributed by atoms with van der Waals surface area (Å²) in [5, 5.41) is 1.30. The molecule has 19 heavy (non-hydrogen) atoms. The van der Waals surface area contributed by atoms with E-state index in [1.165, 1.54) is 13.3 Å². The largest absolute Gasteiger partial charge is 0.464 e. The first-order valence-corrected chi connectivity index (χ1v) is 6.35. The summed E-state index contributed by atoms with van der Waals surface area (Å²) in [6.07, 6.45) is 1.38. The second-order valence-electron chi connectivity index (χ2n) is 3.67. The van der Waals surface area contributed by atoms with Crippen LogP contribution in [0.4, 0.5) is 0 Å². The summed E-state index contributed by atoms with van der Waals surface area (Å²) in [4.78, 5) is 15.7. The molecule has 0 unspecified atom stereocenters. The van der Waals surface area contributed by atoms with E-state index in [4.69, 9.17) is 34.8 Å². The smallest absolute Gasteiger partial charge is 0.357 e. The summed E-state index contributed by atoms with van der Waals surface area (Å²) in [6.45, 7) is 0. The van der Waals surface area contributed by atoms with E-state index in [0.29, 0.717) is 26.2 Å². The minimum atomic E-state index is -0.558. The number of nitrogens with zero attached hydrogens (tertiary/aromatic N) is 1. The maximum atomic E-state index is 11.7. The summed E-state index contributed by atoms with van der Waals surface area (Å²) in [7, 11) is 1.28. The van der Waals surface area contributed by atoms with Crippen LogP contribution in [-0.2, 0) is 4.74 Å². The van der Waals surface area contributed by atoms with Gasteiger partial charge in [-0.25, -0.2) is 9.78 Å². The molecule has 1 heterocycles. The number of ether oxygens (including phenoxy) is 1. The van der Waals surface area contributed by atoms with Gasteiger partial charge in [0.25, 0.3) is 0 Å². The summed E-state index contributed by atoms with van der Waals surface area (Å²) >= 11 is 17.9. The first-order valence-electron chi connectivity index (χ1n) is 5.22. The van der Waals surface area contributed by atoms with E-state index < -0.39 is 5.97 Å². The first-order chi connectivity index (χ1) is 9.02. The van der Waals surface area contributed by atoms with Gasteiger partial charge in [0, 0.05) is 27.4 Å². The monoisotopic (exact) mass is 315 g/mol. The molecule has 1 aromatic heterocycles. The molecule has 0 atom stereocenters. The Morgan fingerprint density at radius 1 is 1.11 bits per heavy atom. The van der Waals surface area contributed by atoms with Crippen LogP contribution in [0.3, 0.4) is 0 Å². The van der Waals surface area contributed by atoms with Crippen molar-refractivity contribution in [3.8, 4) is 11.1 Å². The number of carbonyl (C=O) groups excluding carboxylic acids is 1. The Kier molecular flexibility index (Phi) is 4.30. The zero-order valence-electron chi connectivity index (χ0n) is 9.78. The third-order valence-corrected chi connectivity index (χ3v) is 3.21. The number of rotatable bonds is 2.